The van der Waals surface area contributed by atoms with E-state index in [1.165, 1.54) is 13.3 Å². The number of aliphatic hydroxyl groups is 1. The maximum absolute atomic E-state index is 12.8. The zero-order chi connectivity index (χ0) is 19.4. The molecule has 0 radical (unpaired) electrons. The summed E-state index contributed by atoms with van der Waals surface area (Å²) in [6.45, 7) is 0.140. The van der Waals surface area contributed by atoms with E-state index in [0.29, 0.717) is 23.7 Å². The quantitative estimate of drug-likeness (QED) is 0.735. The van der Waals surface area contributed by atoms with Gasteiger partial charge in [-0.15, -0.1) is 0 Å². The van der Waals surface area contributed by atoms with Crippen molar-refractivity contribution in [1.29, 1.82) is 0 Å². The van der Waals surface area contributed by atoms with Crippen LogP contribution in [0.25, 0.3) is 5.69 Å². The minimum Gasteiger partial charge on any atom is -0.465 e. The van der Waals surface area contributed by atoms with Crippen molar-refractivity contribution in [3.05, 3.63) is 51.4 Å². The smallest absolute Gasteiger partial charge is 0.340 e. The van der Waals surface area contributed by atoms with Crippen molar-refractivity contribution in [3.63, 3.8) is 0 Å². The third-order valence-corrected chi connectivity index (χ3v) is 5.32. The number of nitrogens with zero attached hydrogens (tertiary/aromatic N) is 2. The third kappa shape index (κ3) is 3.99. The molecular weight excluding hydrogens is 370 g/mol. The van der Waals surface area contributed by atoms with Gasteiger partial charge in [-0.1, -0.05) is 30.2 Å². The lowest BCUT2D eigenvalue weighted by atomic mass is 10.00. The number of anilines is 1. The highest BCUT2D eigenvalue weighted by atomic mass is 35.5. The fraction of sp³-hybridized carbons (Fsp3) is 0.421. The molecule has 0 amide bonds. The number of carbonyl (C=O) groups is 1. The van der Waals surface area contributed by atoms with Gasteiger partial charge in [-0.3, -0.25) is 4.79 Å². The maximum Gasteiger partial charge on any atom is 0.340 e. The van der Waals surface area contributed by atoms with Crippen LogP contribution in [0.2, 0.25) is 5.02 Å². The standard InChI is InChI=1S/C19H22ClN3O4/c1-27-19(26)13-6-2-3-8-16(13)23-18(25)17(20)15(11-21-23)22-14-7-4-5-12(14)9-10-24/h2-3,6,8,11-12,14,22,24H,4-5,7,9-10H2,1H3. The summed E-state index contributed by atoms with van der Waals surface area (Å²) in [7, 11) is 1.28. The van der Waals surface area contributed by atoms with Gasteiger partial charge >= 0.3 is 5.97 Å². The summed E-state index contributed by atoms with van der Waals surface area (Å²) in [5.41, 5.74) is 0.477. The Hall–Kier alpha value is -2.38. The van der Waals surface area contributed by atoms with Crippen molar-refractivity contribution in [2.45, 2.75) is 31.7 Å². The molecule has 2 unspecified atom stereocenters. The predicted molar refractivity (Wildman–Crippen MR) is 103 cm³/mol. The molecule has 2 atom stereocenters. The first-order valence-electron chi connectivity index (χ1n) is 8.89. The Kier molecular flexibility index (Phi) is 6.13. The summed E-state index contributed by atoms with van der Waals surface area (Å²) in [6, 6.07) is 6.70. The van der Waals surface area contributed by atoms with E-state index in [2.05, 4.69) is 10.4 Å². The second-order valence-electron chi connectivity index (χ2n) is 6.55. The van der Waals surface area contributed by atoms with Gasteiger partial charge in [-0.05, 0) is 37.3 Å². The molecule has 3 rings (SSSR count). The highest BCUT2D eigenvalue weighted by molar-refractivity contribution is 6.33. The average molecular weight is 392 g/mol. The lowest BCUT2D eigenvalue weighted by Crippen LogP contribution is -2.29. The number of halogens is 1. The molecule has 0 bridgehead atoms. The van der Waals surface area contributed by atoms with Crippen LogP contribution < -0.4 is 10.9 Å². The summed E-state index contributed by atoms with van der Waals surface area (Å²) in [5.74, 6) is -0.219. The molecule has 0 aliphatic heterocycles. The Morgan fingerprint density at radius 3 is 2.93 bits per heavy atom. The Morgan fingerprint density at radius 1 is 1.41 bits per heavy atom. The number of aliphatic hydroxyl groups excluding tert-OH is 1. The molecule has 1 aliphatic rings. The lowest BCUT2D eigenvalue weighted by Gasteiger charge is -2.22. The van der Waals surface area contributed by atoms with E-state index in [9.17, 15) is 14.7 Å². The van der Waals surface area contributed by atoms with Crippen LogP contribution in [0.5, 0.6) is 0 Å². The number of rotatable bonds is 6. The van der Waals surface area contributed by atoms with Crippen LogP contribution in [0.1, 0.15) is 36.0 Å². The summed E-state index contributed by atoms with van der Waals surface area (Å²) in [5, 5.41) is 16.7. The number of carbonyl (C=O) groups excluding carboxylic acids is 1. The van der Waals surface area contributed by atoms with Crippen LogP contribution in [0, 0.1) is 5.92 Å². The van der Waals surface area contributed by atoms with Crippen molar-refractivity contribution >= 4 is 23.3 Å². The van der Waals surface area contributed by atoms with Gasteiger partial charge in [0.05, 0.1) is 30.2 Å². The van der Waals surface area contributed by atoms with Gasteiger partial charge in [0, 0.05) is 12.6 Å². The first-order valence-corrected chi connectivity index (χ1v) is 9.27. The fourth-order valence-electron chi connectivity index (χ4n) is 3.58. The first kappa shape index (κ1) is 19.4. The molecule has 2 N–H and O–H groups in total. The van der Waals surface area contributed by atoms with Crippen molar-refractivity contribution in [3.8, 4) is 5.69 Å². The average Bonchev–Trinajstić information content (AvgIpc) is 3.12. The van der Waals surface area contributed by atoms with Crippen molar-refractivity contribution < 1.29 is 14.6 Å². The molecule has 0 saturated heterocycles. The van der Waals surface area contributed by atoms with Gasteiger partial charge < -0.3 is 15.2 Å². The van der Waals surface area contributed by atoms with Gasteiger partial charge in [0.2, 0.25) is 0 Å². The van der Waals surface area contributed by atoms with Crippen LogP contribution in [0.3, 0.4) is 0 Å². The Balaban J connectivity index is 1.93. The molecule has 1 fully saturated rings. The van der Waals surface area contributed by atoms with E-state index in [1.807, 2.05) is 0 Å². The van der Waals surface area contributed by atoms with Crippen molar-refractivity contribution in [2.75, 3.05) is 19.0 Å². The normalized spacial score (nSPS) is 19.1. The molecule has 7 nitrogen and oxygen atoms in total. The summed E-state index contributed by atoms with van der Waals surface area (Å²) >= 11 is 6.32. The monoisotopic (exact) mass is 391 g/mol. The number of nitrogens with one attached hydrogen (secondary N) is 1. The van der Waals surface area contributed by atoms with Gasteiger partial charge in [0.1, 0.15) is 5.02 Å². The molecule has 1 aliphatic carbocycles. The van der Waals surface area contributed by atoms with Crippen molar-refractivity contribution in [2.24, 2.45) is 5.92 Å². The molecule has 8 heteroatoms. The molecule has 1 saturated carbocycles. The highest BCUT2D eigenvalue weighted by Gasteiger charge is 2.28. The predicted octanol–water partition coefficient (Wildman–Crippen LogP) is 2.64. The van der Waals surface area contributed by atoms with Crippen LogP contribution in [-0.2, 0) is 4.74 Å². The molecular formula is C19H22ClN3O4. The van der Waals surface area contributed by atoms with E-state index >= 15 is 0 Å². The maximum atomic E-state index is 12.8. The molecule has 1 aromatic heterocycles. The molecule has 1 heterocycles. The minimum absolute atomic E-state index is 0.0133. The Morgan fingerprint density at radius 2 is 2.19 bits per heavy atom. The van der Waals surface area contributed by atoms with Crippen LogP contribution in [-0.4, -0.2) is 40.6 Å². The zero-order valence-electron chi connectivity index (χ0n) is 15.0. The van der Waals surface area contributed by atoms with Crippen LogP contribution >= 0.6 is 11.6 Å². The van der Waals surface area contributed by atoms with Gasteiger partial charge in [0.25, 0.3) is 5.56 Å². The van der Waals surface area contributed by atoms with E-state index in [4.69, 9.17) is 16.3 Å². The number of benzene rings is 1. The molecule has 27 heavy (non-hydrogen) atoms. The number of methoxy groups -OCH3 is 1. The van der Waals surface area contributed by atoms with Crippen LogP contribution in [0.15, 0.2) is 35.3 Å². The third-order valence-electron chi connectivity index (χ3n) is 4.96. The lowest BCUT2D eigenvalue weighted by molar-refractivity contribution is 0.0600. The van der Waals surface area contributed by atoms with Gasteiger partial charge in [-0.25, -0.2) is 4.79 Å². The van der Waals surface area contributed by atoms with Crippen molar-refractivity contribution in [1.82, 2.24) is 9.78 Å². The second kappa shape index (κ2) is 8.54. The molecule has 0 spiro atoms. The second-order valence-corrected chi connectivity index (χ2v) is 6.93. The van der Waals surface area contributed by atoms with E-state index in [0.717, 1.165) is 23.9 Å². The van der Waals surface area contributed by atoms with E-state index in [-0.39, 0.29) is 23.2 Å². The molecule has 1 aromatic carbocycles. The minimum atomic E-state index is -0.560. The highest BCUT2D eigenvalue weighted by Crippen LogP contribution is 2.32. The van der Waals surface area contributed by atoms with Gasteiger partial charge in [0.15, 0.2) is 0 Å². The van der Waals surface area contributed by atoms with Gasteiger partial charge in [-0.2, -0.15) is 9.78 Å². The SMILES string of the molecule is COC(=O)c1ccccc1-n1ncc(NC2CCCC2CCO)c(Cl)c1=O. The van der Waals surface area contributed by atoms with E-state index < -0.39 is 11.5 Å². The number of aromatic nitrogens is 2. The number of esters is 1. The number of ether oxygens (including phenoxy) is 1. The first-order chi connectivity index (χ1) is 13.1. The summed E-state index contributed by atoms with van der Waals surface area (Å²) in [4.78, 5) is 24.7. The Labute approximate surface area is 161 Å². The summed E-state index contributed by atoms with van der Waals surface area (Å²) < 4.78 is 5.86. The van der Waals surface area contributed by atoms with E-state index in [1.54, 1.807) is 24.3 Å². The molecule has 2 aromatic rings. The largest absolute Gasteiger partial charge is 0.465 e. The number of hydrogen-bond acceptors (Lipinski definition) is 6. The summed E-state index contributed by atoms with van der Waals surface area (Å²) in [6.07, 6.45) is 5.26. The fourth-order valence-corrected chi connectivity index (χ4v) is 3.77. The van der Waals surface area contributed by atoms with Crippen LogP contribution in [0.4, 0.5) is 5.69 Å². The Bertz CT molecular complexity index is 883. The number of para-hydroxylation sites is 1. The number of hydrogen-bond donors (Lipinski definition) is 2. The molecule has 144 valence electrons. The topological polar surface area (TPSA) is 93.5 Å². The zero-order valence-corrected chi connectivity index (χ0v) is 15.8.